The Balaban J connectivity index is 1.69. The summed E-state index contributed by atoms with van der Waals surface area (Å²) in [5.41, 5.74) is -0.430. The van der Waals surface area contributed by atoms with Crippen LogP contribution in [0.1, 0.15) is 32.6 Å². The van der Waals surface area contributed by atoms with Gasteiger partial charge in [-0.1, -0.05) is 13.5 Å². The predicted molar refractivity (Wildman–Crippen MR) is 67.7 cm³/mol. The number of rotatable bonds is 3. The van der Waals surface area contributed by atoms with E-state index < -0.39 is 5.60 Å². The second-order valence-electron chi connectivity index (χ2n) is 6.67. The molecule has 0 saturated heterocycles. The number of carbonyl (C=O) groups is 1. The van der Waals surface area contributed by atoms with Crippen LogP contribution in [-0.2, 0) is 9.53 Å². The molecule has 100 valence electrons. The van der Waals surface area contributed by atoms with Crippen molar-refractivity contribution in [3.63, 3.8) is 0 Å². The van der Waals surface area contributed by atoms with Crippen molar-refractivity contribution in [1.29, 1.82) is 0 Å². The third-order valence-corrected chi connectivity index (χ3v) is 5.42. The molecule has 0 amide bonds. The number of hydrogen-bond donors (Lipinski definition) is 1. The molecule has 0 aromatic carbocycles. The highest BCUT2D eigenvalue weighted by molar-refractivity contribution is 5.81. The summed E-state index contributed by atoms with van der Waals surface area (Å²) in [6.45, 7) is 6.17. The van der Waals surface area contributed by atoms with Gasteiger partial charge >= 0.3 is 5.97 Å². The predicted octanol–water partition coefficient (Wildman–Crippen LogP) is 2.15. The molecule has 0 radical (unpaired) electrons. The van der Waals surface area contributed by atoms with Gasteiger partial charge in [0.1, 0.15) is 0 Å². The van der Waals surface area contributed by atoms with Crippen LogP contribution in [0.5, 0.6) is 0 Å². The van der Waals surface area contributed by atoms with Gasteiger partial charge < -0.3 is 9.84 Å². The van der Waals surface area contributed by atoms with E-state index in [-0.39, 0.29) is 5.97 Å². The lowest BCUT2D eigenvalue weighted by atomic mass is 9.56. The fourth-order valence-corrected chi connectivity index (χ4v) is 4.89. The van der Waals surface area contributed by atoms with Crippen LogP contribution in [0, 0.1) is 29.6 Å². The van der Waals surface area contributed by atoms with E-state index in [1.54, 1.807) is 0 Å². The number of carbonyl (C=O) groups excluding carboxylic acids is 1. The Hall–Kier alpha value is -0.830. The first kappa shape index (κ1) is 12.2. The van der Waals surface area contributed by atoms with Gasteiger partial charge in [-0.2, -0.15) is 0 Å². The number of ether oxygens (including phenoxy) is 1. The van der Waals surface area contributed by atoms with Gasteiger partial charge in [-0.25, -0.2) is 4.79 Å². The van der Waals surface area contributed by atoms with Gasteiger partial charge in [0.25, 0.3) is 0 Å². The molecule has 18 heavy (non-hydrogen) atoms. The van der Waals surface area contributed by atoms with Gasteiger partial charge in [-0.15, -0.1) is 0 Å². The molecule has 0 heterocycles. The molecule has 3 heteroatoms. The molecule has 0 aromatic heterocycles. The summed E-state index contributed by atoms with van der Waals surface area (Å²) >= 11 is 0. The van der Waals surface area contributed by atoms with Crippen molar-refractivity contribution in [3.8, 4) is 0 Å². The molecular formula is C15H22O3. The molecule has 0 aromatic rings. The van der Waals surface area contributed by atoms with E-state index in [1.807, 2.05) is 0 Å². The Kier molecular flexibility index (Phi) is 2.77. The van der Waals surface area contributed by atoms with Crippen molar-refractivity contribution in [2.24, 2.45) is 29.6 Å². The average molecular weight is 250 g/mol. The van der Waals surface area contributed by atoms with E-state index in [0.29, 0.717) is 36.2 Å². The topological polar surface area (TPSA) is 46.5 Å². The van der Waals surface area contributed by atoms with E-state index >= 15 is 0 Å². The normalized spacial score (nSPS) is 49.1. The van der Waals surface area contributed by atoms with E-state index in [9.17, 15) is 9.90 Å². The standard InChI is InChI=1S/C15H22O3/c1-3-14(16)18-8-13-10-4-9(2)5-15(17)6-11(10)12(13)7-15/h3,9-13,17H,1,4-8H2,2H3. The Morgan fingerprint density at radius 1 is 1.39 bits per heavy atom. The van der Waals surface area contributed by atoms with Crippen molar-refractivity contribution >= 4 is 5.97 Å². The second-order valence-corrected chi connectivity index (χ2v) is 6.67. The van der Waals surface area contributed by atoms with Gasteiger partial charge in [0.2, 0.25) is 0 Å². The SMILES string of the molecule is C=CC(=O)OCC1C2CC(C)CC3(O)CC1C2C3. The van der Waals surface area contributed by atoms with Crippen molar-refractivity contribution in [2.75, 3.05) is 6.61 Å². The van der Waals surface area contributed by atoms with Gasteiger partial charge in [0, 0.05) is 6.08 Å². The largest absolute Gasteiger partial charge is 0.462 e. The molecule has 3 fully saturated rings. The molecule has 6 atom stereocenters. The Morgan fingerprint density at radius 2 is 2.11 bits per heavy atom. The third-order valence-electron chi connectivity index (χ3n) is 5.42. The van der Waals surface area contributed by atoms with Crippen LogP contribution in [0.2, 0.25) is 0 Å². The molecule has 3 aliphatic carbocycles. The van der Waals surface area contributed by atoms with Crippen LogP contribution in [0.4, 0.5) is 0 Å². The van der Waals surface area contributed by atoms with Crippen molar-refractivity contribution < 1.29 is 14.6 Å². The Bertz CT molecular complexity index is 378. The zero-order valence-electron chi connectivity index (χ0n) is 11.0. The maximum Gasteiger partial charge on any atom is 0.330 e. The zero-order valence-corrected chi connectivity index (χ0v) is 11.0. The smallest absolute Gasteiger partial charge is 0.330 e. The minimum atomic E-state index is -0.430. The minimum absolute atomic E-state index is 0.324. The monoisotopic (exact) mass is 250 g/mol. The van der Waals surface area contributed by atoms with E-state index in [0.717, 1.165) is 19.3 Å². The number of aliphatic hydroxyl groups is 1. The second kappa shape index (κ2) is 4.09. The van der Waals surface area contributed by atoms with Gasteiger partial charge in [0.05, 0.1) is 12.2 Å². The molecular weight excluding hydrogens is 228 g/mol. The van der Waals surface area contributed by atoms with Crippen LogP contribution >= 0.6 is 0 Å². The molecule has 3 saturated carbocycles. The maximum atomic E-state index is 11.2. The first-order chi connectivity index (χ1) is 8.52. The molecule has 3 nitrogen and oxygen atoms in total. The summed E-state index contributed by atoms with van der Waals surface area (Å²) in [4.78, 5) is 11.2. The van der Waals surface area contributed by atoms with Crippen LogP contribution in [0.25, 0.3) is 0 Å². The van der Waals surface area contributed by atoms with Crippen molar-refractivity contribution in [3.05, 3.63) is 12.7 Å². The van der Waals surface area contributed by atoms with Crippen molar-refractivity contribution in [2.45, 2.75) is 38.2 Å². The lowest BCUT2D eigenvalue weighted by Crippen LogP contribution is -2.47. The highest BCUT2D eigenvalue weighted by Crippen LogP contribution is 2.63. The fraction of sp³-hybridized carbons (Fsp3) is 0.800. The zero-order chi connectivity index (χ0) is 12.9. The Labute approximate surface area is 108 Å². The Morgan fingerprint density at radius 3 is 2.83 bits per heavy atom. The summed E-state index contributed by atoms with van der Waals surface area (Å²) in [6.07, 6.45) is 5.24. The first-order valence-corrected chi connectivity index (χ1v) is 7.04. The summed E-state index contributed by atoms with van der Waals surface area (Å²) < 4.78 is 5.22. The van der Waals surface area contributed by atoms with Crippen LogP contribution in [-0.4, -0.2) is 23.3 Å². The third kappa shape index (κ3) is 1.80. The summed E-state index contributed by atoms with van der Waals surface area (Å²) in [5, 5.41) is 10.6. The minimum Gasteiger partial charge on any atom is -0.462 e. The molecule has 0 aliphatic heterocycles. The van der Waals surface area contributed by atoms with E-state index in [1.165, 1.54) is 12.5 Å². The molecule has 0 spiro atoms. The lowest BCUT2D eigenvalue weighted by molar-refractivity contribution is -0.146. The van der Waals surface area contributed by atoms with Gasteiger partial charge in [-0.3, -0.25) is 0 Å². The highest BCUT2D eigenvalue weighted by atomic mass is 16.5. The van der Waals surface area contributed by atoms with E-state index in [4.69, 9.17) is 4.74 Å². The van der Waals surface area contributed by atoms with Crippen molar-refractivity contribution in [1.82, 2.24) is 0 Å². The first-order valence-electron chi connectivity index (χ1n) is 7.04. The average Bonchev–Trinajstić information content (AvgIpc) is 2.54. The fourth-order valence-electron chi connectivity index (χ4n) is 4.89. The number of fused-ring (bicyclic) bond motifs is 1. The van der Waals surface area contributed by atoms with Crippen LogP contribution in [0.3, 0.4) is 0 Å². The summed E-state index contributed by atoms with van der Waals surface area (Å²) in [7, 11) is 0. The molecule has 3 aliphatic rings. The van der Waals surface area contributed by atoms with Crippen LogP contribution < -0.4 is 0 Å². The number of hydrogen-bond acceptors (Lipinski definition) is 3. The molecule has 6 unspecified atom stereocenters. The molecule has 1 N–H and O–H groups in total. The van der Waals surface area contributed by atoms with Gasteiger partial charge in [-0.05, 0) is 55.3 Å². The van der Waals surface area contributed by atoms with E-state index in [2.05, 4.69) is 13.5 Å². The quantitative estimate of drug-likeness (QED) is 0.616. The lowest BCUT2D eigenvalue weighted by Gasteiger charge is -2.50. The van der Waals surface area contributed by atoms with Crippen LogP contribution in [0.15, 0.2) is 12.7 Å². The van der Waals surface area contributed by atoms with Gasteiger partial charge in [0.15, 0.2) is 0 Å². The molecule has 3 rings (SSSR count). The summed E-state index contributed by atoms with van der Waals surface area (Å²) in [6, 6.07) is 0. The maximum absolute atomic E-state index is 11.2. The molecule has 2 bridgehead atoms. The highest BCUT2D eigenvalue weighted by Gasteiger charge is 2.61. The number of esters is 1. The summed E-state index contributed by atoms with van der Waals surface area (Å²) in [5.74, 6) is 2.63.